The van der Waals surface area contributed by atoms with Crippen LogP contribution in [-0.2, 0) is 0 Å². The van der Waals surface area contributed by atoms with E-state index in [1.807, 2.05) is 30.3 Å². The zero-order valence-corrected chi connectivity index (χ0v) is 7.14. The van der Waals surface area contributed by atoms with E-state index in [0.29, 0.717) is 0 Å². The first kappa shape index (κ1) is 8.20. The van der Waals surface area contributed by atoms with Gasteiger partial charge in [0.1, 0.15) is 0 Å². The zero-order valence-electron chi connectivity index (χ0n) is 7.14. The summed E-state index contributed by atoms with van der Waals surface area (Å²) in [6.07, 6.45) is 1.09. The lowest BCUT2D eigenvalue weighted by atomic mass is 10.1. The summed E-state index contributed by atoms with van der Waals surface area (Å²) in [6, 6.07) is 9.47. The Kier molecular flexibility index (Phi) is 1.99. The summed E-state index contributed by atoms with van der Waals surface area (Å²) >= 11 is 0. The van der Waals surface area contributed by atoms with Crippen molar-refractivity contribution in [2.24, 2.45) is 0 Å². The lowest BCUT2D eigenvalue weighted by molar-refractivity contribution is 0.226. The molecule has 0 amide bonds. The second kappa shape index (κ2) is 3.15. The molecule has 0 aliphatic carbocycles. The molecule has 0 aliphatic rings. The number of benzene rings is 1. The molecule has 1 radical (unpaired) electrons. The number of rotatable bonds is 1. The Labute approximate surface area is 76.9 Å². The maximum atomic E-state index is 9.25. The van der Waals surface area contributed by atoms with Crippen LogP contribution in [0.1, 0.15) is 11.7 Å². The first-order valence-corrected chi connectivity index (χ1v) is 4.13. The Hall–Kier alpha value is -1.41. The second-order valence-electron chi connectivity index (χ2n) is 2.97. The van der Waals surface area contributed by atoms with E-state index in [1.54, 1.807) is 6.20 Å². The Morgan fingerprint density at radius 1 is 1.31 bits per heavy atom. The molecule has 13 heavy (non-hydrogen) atoms. The average molecular weight is 172 g/mol. The van der Waals surface area contributed by atoms with E-state index in [4.69, 9.17) is 0 Å². The van der Waals surface area contributed by atoms with Crippen molar-refractivity contribution in [3.63, 3.8) is 0 Å². The van der Waals surface area contributed by atoms with Crippen molar-refractivity contribution in [1.29, 1.82) is 0 Å². The molecule has 2 rings (SSSR count). The molecule has 0 spiro atoms. The van der Waals surface area contributed by atoms with Crippen LogP contribution in [0.2, 0.25) is 0 Å². The van der Waals surface area contributed by atoms with Gasteiger partial charge in [-0.05, 0) is 30.7 Å². The summed E-state index contributed by atoms with van der Waals surface area (Å²) in [5.41, 5.74) is 1.76. The van der Waals surface area contributed by atoms with Gasteiger partial charge >= 0.3 is 0 Å². The first-order valence-electron chi connectivity index (χ1n) is 4.13. The van der Waals surface area contributed by atoms with Gasteiger partial charge in [0.05, 0.1) is 11.6 Å². The highest BCUT2D eigenvalue weighted by molar-refractivity contribution is 5.79. The maximum Gasteiger partial charge on any atom is 0.0791 e. The predicted octanol–water partition coefficient (Wildman–Crippen LogP) is 2.10. The molecule has 1 atom stereocenters. The summed E-state index contributed by atoms with van der Waals surface area (Å²) in [5.74, 6) is 0. The van der Waals surface area contributed by atoms with Crippen LogP contribution in [0.25, 0.3) is 10.9 Å². The number of hydrogen-bond donors (Lipinski definition) is 1. The van der Waals surface area contributed by atoms with Gasteiger partial charge in [-0.3, -0.25) is 4.98 Å². The third-order valence-corrected chi connectivity index (χ3v) is 2.01. The molecule has 1 heterocycles. The third kappa shape index (κ3) is 1.53. The van der Waals surface area contributed by atoms with E-state index < -0.39 is 6.10 Å². The van der Waals surface area contributed by atoms with Gasteiger partial charge in [0.25, 0.3) is 0 Å². The summed E-state index contributed by atoms with van der Waals surface area (Å²) in [7, 11) is 0. The van der Waals surface area contributed by atoms with Crippen molar-refractivity contribution in [3.05, 3.63) is 49.0 Å². The summed E-state index contributed by atoms with van der Waals surface area (Å²) in [6.45, 7) is 3.55. The second-order valence-corrected chi connectivity index (χ2v) is 2.97. The van der Waals surface area contributed by atoms with Crippen molar-refractivity contribution < 1.29 is 5.11 Å². The normalized spacial score (nSPS) is 13.1. The van der Waals surface area contributed by atoms with Gasteiger partial charge in [0, 0.05) is 11.6 Å². The van der Waals surface area contributed by atoms with Crippen LogP contribution in [0.15, 0.2) is 36.5 Å². The molecule has 0 aliphatic heterocycles. The van der Waals surface area contributed by atoms with Crippen molar-refractivity contribution >= 4 is 10.9 Å². The summed E-state index contributed by atoms with van der Waals surface area (Å²) < 4.78 is 0. The Morgan fingerprint density at radius 2 is 2.15 bits per heavy atom. The molecule has 2 aromatic rings. The molecule has 65 valence electrons. The fourth-order valence-corrected chi connectivity index (χ4v) is 1.30. The fraction of sp³-hybridized carbons (Fsp3) is 0.0909. The summed E-state index contributed by atoms with van der Waals surface area (Å²) in [4.78, 5) is 4.18. The topological polar surface area (TPSA) is 33.1 Å². The van der Waals surface area contributed by atoms with Gasteiger partial charge in [-0.15, -0.1) is 0 Å². The van der Waals surface area contributed by atoms with Crippen LogP contribution < -0.4 is 0 Å². The van der Waals surface area contributed by atoms with E-state index in [1.165, 1.54) is 0 Å². The van der Waals surface area contributed by atoms with Crippen LogP contribution in [0.3, 0.4) is 0 Å². The number of fused-ring (bicyclic) bond motifs is 1. The number of aliphatic hydroxyl groups is 1. The van der Waals surface area contributed by atoms with Gasteiger partial charge in [-0.25, -0.2) is 0 Å². The predicted molar refractivity (Wildman–Crippen MR) is 52.1 cm³/mol. The monoisotopic (exact) mass is 172 g/mol. The smallest absolute Gasteiger partial charge is 0.0791 e. The van der Waals surface area contributed by atoms with Crippen LogP contribution in [0, 0.1) is 6.92 Å². The van der Waals surface area contributed by atoms with Gasteiger partial charge in [-0.1, -0.05) is 12.1 Å². The maximum absolute atomic E-state index is 9.25. The zero-order chi connectivity index (χ0) is 9.26. The van der Waals surface area contributed by atoms with E-state index in [2.05, 4.69) is 11.9 Å². The number of aromatic nitrogens is 1. The van der Waals surface area contributed by atoms with Gasteiger partial charge in [0.15, 0.2) is 0 Å². The molecule has 1 unspecified atom stereocenters. The molecule has 0 fully saturated rings. The molecule has 0 bridgehead atoms. The minimum Gasteiger partial charge on any atom is -0.388 e. The molecule has 2 heteroatoms. The SMILES string of the molecule is [CH2]C(O)c1ccc2ncccc2c1. The van der Waals surface area contributed by atoms with Gasteiger partial charge < -0.3 is 5.11 Å². The van der Waals surface area contributed by atoms with Crippen LogP contribution in [0.5, 0.6) is 0 Å². The molecule has 0 saturated heterocycles. The highest BCUT2D eigenvalue weighted by atomic mass is 16.3. The van der Waals surface area contributed by atoms with Crippen LogP contribution in [-0.4, -0.2) is 10.1 Å². The minimum absolute atomic E-state index is 0.662. The van der Waals surface area contributed by atoms with Crippen LogP contribution in [0.4, 0.5) is 0 Å². The molecule has 0 saturated carbocycles. The highest BCUT2D eigenvalue weighted by Crippen LogP contribution is 2.17. The van der Waals surface area contributed by atoms with E-state index in [9.17, 15) is 5.11 Å². The molecule has 1 aromatic heterocycles. The lowest BCUT2D eigenvalue weighted by Crippen LogP contribution is -1.90. The number of hydrogen-bond acceptors (Lipinski definition) is 2. The van der Waals surface area contributed by atoms with Gasteiger partial charge in [-0.2, -0.15) is 0 Å². The lowest BCUT2D eigenvalue weighted by Gasteiger charge is -2.04. The van der Waals surface area contributed by atoms with Crippen molar-refractivity contribution in [2.75, 3.05) is 0 Å². The first-order chi connectivity index (χ1) is 6.27. The number of nitrogens with zero attached hydrogens (tertiary/aromatic N) is 1. The van der Waals surface area contributed by atoms with Crippen molar-refractivity contribution in [2.45, 2.75) is 6.10 Å². The number of pyridine rings is 1. The standard InChI is InChI=1S/C11H10NO/c1-8(13)9-4-5-11-10(7-9)3-2-6-12-11/h2-8,13H,1H2. The Balaban J connectivity index is 2.62. The molecule has 1 N–H and O–H groups in total. The molecular formula is C11H10NO. The molecular weight excluding hydrogens is 162 g/mol. The Morgan fingerprint density at radius 3 is 2.92 bits per heavy atom. The van der Waals surface area contributed by atoms with Crippen molar-refractivity contribution in [1.82, 2.24) is 4.98 Å². The van der Waals surface area contributed by atoms with E-state index in [-0.39, 0.29) is 0 Å². The number of aliphatic hydroxyl groups excluding tert-OH is 1. The van der Waals surface area contributed by atoms with E-state index in [0.717, 1.165) is 16.5 Å². The average Bonchev–Trinajstić information content (AvgIpc) is 2.17. The van der Waals surface area contributed by atoms with Crippen LogP contribution >= 0.6 is 0 Å². The van der Waals surface area contributed by atoms with Gasteiger partial charge in [0.2, 0.25) is 0 Å². The highest BCUT2D eigenvalue weighted by Gasteiger charge is 2.01. The fourth-order valence-electron chi connectivity index (χ4n) is 1.30. The summed E-state index contributed by atoms with van der Waals surface area (Å²) in [5, 5.41) is 10.3. The molecule has 2 nitrogen and oxygen atoms in total. The quantitative estimate of drug-likeness (QED) is 0.714. The minimum atomic E-state index is -0.662. The Bertz CT molecular complexity index is 423. The molecule has 1 aromatic carbocycles. The van der Waals surface area contributed by atoms with Crippen molar-refractivity contribution in [3.8, 4) is 0 Å². The van der Waals surface area contributed by atoms with E-state index >= 15 is 0 Å². The largest absolute Gasteiger partial charge is 0.388 e. The third-order valence-electron chi connectivity index (χ3n) is 2.01.